The molecule has 2 unspecified atom stereocenters. The van der Waals surface area contributed by atoms with Crippen LogP contribution in [0.4, 0.5) is 0 Å². The largest absolute Gasteiger partial charge is 0.339 e. The van der Waals surface area contributed by atoms with Crippen LogP contribution >= 0.6 is 0 Å². The molecule has 1 aromatic carbocycles. The number of nitrogens with zero attached hydrogens (tertiary/aromatic N) is 3. The van der Waals surface area contributed by atoms with E-state index in [-0.39, 0.29) is 17.9 Å². The zero-order valence-corrected chi connectivity index (χ0v) is 14.9. The van der Waals surface area contributed by atoms with Crippen molar-refractivity contribution in [2.24, 2.45) is 11.8 Å². The highest BCUT2D eigenvalue weighted by Crippen LogP contribution is 2.32. The number of likely N-dealkylation sites (tertiary alicyclic amines) is 2. The number of benzene rings is 1. The Labute approximate surface area is 149 Å². The molecule has 0 aliphatic carbocycles. The lowest BCUT2D eigenvalue weighted by atomic mass is 9.82. The molecule has 2 heterocycles. The van der Waals surface area contributed by atoms with Crippen LogP contribution in [0.2, 0.25) is 0 Å². The molecule has 0 saturated carbocycles. The van der Waals surface area contributed by atoms with Gasteiger partial charge in [0.05, 0.1) is 17.2 Å². The van der Waals surface area contributed by atoms with Crippen LogP contribution in [-0.2, 0) is 4.79 Å². The molecule has 0 radical (unpaired) electrons. The minimum Gasteiger partial charge on any atom is -0.339 e. The summed E-state index contributed by atoms with van der Waals surface area (Å²) < 4.78 is 0. The van der Waals surface area contributed by atoms with E-state index in [0.717, 1.165) is 19.4 Å². The molecule has 2 fully saturated rings. The number of nitriles is 1. The van der Waals surface area contributed by atoms with Crippen LogP contribution in [0.1, 0.15) is 49.0 Å². The fourth-order valence-electron chi connectivity index (χ4n) is 4.10. The normalized spacial score (nSPS) is 23.4. The smallest absolute Gasteiger partial charge is 0.255 e. The molecule has 3 rings (SSSR count). The van der Waals surface area contributed by atoms with Crippen LogP contribution in [0.3, 0.4) is 0 Å². The lowest BCUT2D eigenvalue weighted by molar-refractivity contribution is -0.141. The van der Waals surface area contributed by atoms with Crippen molar-refractivity contribution in [3.8, 4) is 6.07 Å². The second-order valence-electron chi connectivity index (χ2n) is 7.50. The third-order valence-corrected chi connectivity index (χ3v) is 5.27. The van der Waals surface area contributed by atoms with Gasteiger partial charge in [-0.25, -0.2) is 0 Å². The van der Waals surface area contributed by atoms with E-state index in [9.17, 15) is 14.9 Å². The van der Waals surface area contributed by atoms with Gasteiger partial charge in [0, 0.05) is 32.1 Å². The monoisotopic (exact) mass is 339 g/mol. The number of piperidine rings is 2. The predicted molar refractivity (Wildman–Crippen MR) is 94.7 cm³/mol. The Kier molecular flexibility index (Phi) is 5.08. The van der Waals surface area contributed by atoms with Crippen molar-refractivity contribution in [1.29, 1.82) is 5.26 Å². The first-order chi connectivity index (χ1) is 12.0. The van der Waals surface area contributed by atoms with Crippen LogP contribution < -0.4 is 0 Å². The van der Waals surface area contributed by atoms with Gasteiger partial charge >= 0.3 is 0 Å². The van der Waals surface area contributed by atoms with Gasteiger partial charge < -0.3 is 9.80 Å². The topological polar surface area (TPSA) is 64.4 Å². The Morgan fingerprint density at radius 2 is 2.08 bits per heavy atom. The maximum absolute atomic E-state index is 12.9. The molecular formula is C20H25N3O2. The van der Waals surface area contributed by atoms with Crippen molar-refractivity contribution < 1.29 is 9.59 Å². The Bertz CT molecular complexity index is 707. The summed E-state index contributed by atoms with van der Waals surface area (Å²) in [6.45, 7) is 6.38. The molecular weight excluding hydrogens is 314 g/mol. The van der Waals surface area contributed by atoms with Crippen LogP contribution in [0, 0.1) is 23.2 Å². The number of fused-ring (bicyclic) bond motifs is 1. The third kappa shape index (κ3) is 3.53. The zero-order valence-electron chi connectivity index (χ0n) is 14.9. The molecule has 0 aromatic heterocycles. The average molecular weight is 339 g/mol. The molecule has 132 valence electrons. The van der Waals surface area contributed by atoms with Gasteiger partial charge in [-0.15, -0.1) is 0 Å². The average Bonchev–Trinajstić information content (AvgIpc) is 2.62. The van der Waals surface area contributed by atoms with Gasteiger partial charge in [0.25, 0.3) is 5.91 Å². The standard InChI is InChI=1S/C20H25N3O2/c1-14(2)12-23-18-9-10-22(13-16(18)7-8-19(23)24)20(25)17-6-4-3-5-15(17)11-21/h3-6,14,16,18H,7-10,12-13H2,1-2H3. The van der Waals surface area contributed by atoms with Crippen LogP contribution in [0.15, 0.2) is 24.3 Å². The quantitative estimate of drug-likeness (QED) is 0.850. The van der Waals surface area contributed by atoms with E-state index in [2.05, 4.69) is 19.9 Å². The van der Waals surface area contributed by atoms with Crippen molar-refractivity contribution in [2.75, 3.05) is 19.6 Å². The van der Waals surface area contributed by atoms with Gasteiger partial charge in [0.2, 0.25) is 5.91 Å². The van der Waals surface area contributed by atoms with Crippen LogP contribution in [-0.4, -0.2) is 47.3 Å². The predicted octanol–water partition coefficient (Wildman–Crippen LogP) is 2.67. The first-order valence-corrected chi connectivity index (χ1v) is 9.09. The Morgan fingerprint density at radius 3 is 2.80 bits per heavy atom. The Hall–Kier alpha value is -2.35. The van der Waals surface area contributed by atoms with E-state index in [1.165, 1.54) is 0 Å². The molecule has 2 amide bonds. The summed E-state index contributed by atoms with van der Waals surface area (Å²) >= 11 is 0. The fourth-order valence-corrected chi connectivity index (χ4v) is 4.10. The van der Waals surface area contributed by atoms with E-state index >= 15 is 0 Å². The number of amides is 2. The SMILES string of the molecule is CC(C)CN1C(=O)CCC2CN(C(=O)c3ccccc3C#N)CCC21. The highest BCUT2D eigenvalue weighted by atomic mass is 16.2. The summed E-state index contributed by atoms with van der Waals surface area (Å²) in [5, 5.41) is 9.24. The molecule has 25 heavy (non-hydrogen) atoms. The number of hydrogen-bond donors (Lipinski definition) is 0. The number of rotatable bonds is 3. The maximum Gasteiger partial charge on any atom is 0.255 e. The molecule has 0 N–H and O–H groups in total. The lowest BCUT2D eigenvalue weighted by Gasteiger charge is -2.47. The van der Waals surface area contributed by atoms with Crippen molar-refractivity contribution in [1.82, 2.24) is 9.80 Å². The second-order valence-corrected chi connectivity index (χ2v) is 7.50. The second kappa shape index (κ2) is 7.26. The van der Waals surface area contributed by atoms with E-state index in [1.807, 2.05) is 9.80 Å². The van der Waals surface area contributed by atoms with Gasteiger partial charge in [-0.05, 0) is 36.8 Å². The van der Waals surface area contributed by atoms with E-state index in [4.69, 9.17) is 0 Å². The first-order valence-electron chi connectivity index (χ1n) is 9.09. The minimum absolute atomic E-state index is 0.0668. The van der Waals surface area contributed by atoms with Crippen molar-refractivity contribution >= 4 is 11.8 Å². The highest BCUT2D eigenvalue weighted by Gasteiger charge is 2.40. The number of carbonyl (C=O) groups excluding carboxylic acids is 2. The van der Waals surface area contributed by atoms with Gasteiger partial charge in [0.15, 0.2) is 0 Å². The summed E-state index contributed by atoms with van der Waals surface area (Å²) in [5.74, 6) is 0.973. The van der Waals surface area contributed by atoms with Crippen LogP contribution in [0.5, 0.6) is 0 Å². The highest BCUT2D eigenvalue weighted by molar-refractivity contribution is 5.96. The lowest BCUT2D eigenvalue weighted by Crippen LogP contribution is -2.57. The molecule has 5 nitrogen and oxygen atoms in total. The summed E-state index contributed by atoms with van der Waals surface area (Å²) in [5.41, 5.74) is 0.907. The molecule has 2 atom stereocenters. The fraction of sp³-hybridized carbons (Fsp3) is 0.550. The Balaban J connectivity index is 1.74. The summed E-state index contributed by atoms with van der Waals surface area (Å²) in [4.78, 5) is 29.1. The number of carbonyl (C=O) groups is 2. The van der Waals surface area contributed by atoms with Crippen molar-refractivity contribution in [3.63, 3.8) is 0 Å². The third-order valence-electron chi connectivity index (χ3n) is 5.27. The molecule has 1 aromatic rings. The molecule has 2 saturated heterocycles. The van der Waals surface area contributed by atoms with Gasteiger partial charge in [-0.2, -0.15) is 5.26 Å². The van der Waals surface area contributed by atoms with Crippen molar-refractivity contribution in [3.05, 3.63) is 35.4 Å². The zero-order chi connectivity index (χ0) is 18.0. The summed E-state index contributed by atoms with van der Waals surface area (Å²) in [6.07, 6.45) is 2.25. The van der Waals surface area contributed by atoms with Gasteiger partial charge in [-0.3, -0.25) is 9.59 Å². The van der Waals surface area contributed by atoms with E-state index < -0.39 is 0 Å². The van der Waals surface area contributed by atoms with Crippen LogP contribution in [0.25, 0.3) is 0 Å². The summed E-state index contributed by atoms with van der Waals surface area (Å²) in [7, 11) is 0. The van der Waals surface area contributed by atoms with Gasteiger partial charge in [-0.1, -0.05) is 26.0 Å². The molecule has 5 heteroatoms. The minimum atomic E-state index is -0.0668. The van der Waals surface area contributed by atoms with E-state index in [1.54, 1.807) is 24.3 Å². The maximum atomic E-state index is 12.9. The van der Waals surface area contributed by atoms with Gasteiger partial charge in [0.1, 0.15) is 0 Å². The summed E-state index contributed by atoms with van der Waals surface area (Å²) in [6, 6.07) is 9.34. The molecule has 0 bridgehead atoms. The molecule has 0 spiro atoms. The molecule has 2 aliphatic rings. The van der Waals surface area contributed by atoms with E-state index in [0.29, 0.717) is 42.5 Å². The van der Waals surface area contributed by atoms with Crippen molar-refractivity contribution in [2.45, 2.75) is 39.2 Å². The molecule has 2 aliphatic heterocycles. The first kappa shape index (κ1) is 17.5. The Morgan fingerprint density at radius 1 is 1.32 bits per heavy atom. The number of hydrogen-bond acceptors (Lipinski definition) is 3.